The van der Waals surface area contributed by atoms with Gasteiger partial charge in [0.05, 0.1) is 12.2 Å². The number of hydrogen-bond acceptors (Lipinski definition) is 6. The van der Waals surface area contributed by atoms with Crippen molar-refractivity contribution in [2.45, 2.75) is 31.5 Å². The molecule has 1 saturated carbocycles. The van der Waals surface area contributed by atoms with E-state index in [1.807, 2.05) is 0 Å². The highest BCUT2D eigenvalue weighted by Crippen LogP contribution is 2.49. The Morgan fingerprint density at radius 3 is 2.56 bits per heavy atom. The van der Waals surface area contributed by atoms with Crippen LogP contribution in [0, 0.1) is 5.41 Å². The van der Waals surface area contributed by atoms with Crippen LogP contribution < -0.4 is 5.56 Å². The minimum absolute atomic E-state index is 0.0613. The number of aliphatic hydroxyl groups excluding tert-OH is 2. The van der Waals surface area contributed by atoms with Crippen molar-refractivity contribution in [1.82, 2.24) is 14.3 Å². The molecule has 0 unspecified atom stereocenters. The topological polar surface area (TPSA) is 115 Å². The molecule has 1 aliphatic carbocycles. The van der Waals surface area contributed by atoms with E-state index in [2.05, 4.69) is 4.98 Å². The number of hydrogen-bond donors (Lipinski definition) is 3. The Hall–Kier alpha value is -2.45. The number of likely N-dealkylation sites (tertiary alicyclic amines) is 1. The fourth-order valence-corrected chi connectivity index (χ4v) is 3.94. The van der Waals surface area contributed by atoms with Crippen LogP contribution in [0.15, 0.2) is 29.3 Å². The molecule has 2 fully saturated rings. The van der Waals surface area contributed by atoms with E-state index in [1.54, 1.807) is 4.90 Å². The molecule has 2 aromatic heterocycles. The largest absolute Gasteiger partial charge is 0.504 e. The Morgan fingerprint density at radius 1 is 1.24 bits per heavy atom. The van der Waals surface area contributed by atoms with E-state index in [4.69, 9.17) is 0 Å². The highest BCUT2D eigenvalue weighted by Gasteiger charge is 2.55. The number of piperidine rings is 1. The maximum absolute atomic E-state index is 12.7. The van der Waals surface area contributed by atoms with E-state index < -0.39 is 29.1 Å². The van der Waals surface area contributed by atoms with E-state index >= 15 is 0 Å². The molecule has 0 radical (unpaired) electrons. The standard InChI is InChI=1S/C17H19N3O5/c21-11-2-1-5-20-14(11)18-9-10(16(20)25)15(24)19-6-3-17(4-7-19)12(22)8-13(17)23/h1-2,5,9,12-13,21-23H,3-4,6-8H2/t12-,13+. The van der Waals surface area contributed by atoms with Crippen molar-refractivity contribution in [2.24, 2.45) is 5.41 Å². The number of aromatic hydroxyl groups is 1. The van der Waals surface area contributed by atoms with Crippen molar-refractivity contribution in [3.8, 4) is 5.75 Å². The molecule has 1 amide bonds. The van der Waals surface area contributed by atoms with Gasteiger partial charge >= 0.3 is 0 Å². The Balaban J connectivity index is 1.59. The summed E-state index contributed by atoms with van der Waals surface area (Å²) in [6, 6.07) is 2.92. The van der Waals surface area contributed by atoms with E-state index in [-0.39, 0.29) is 17.0 Å². The van der Waals surface area contributed by atoms with Gasteiger partial charge in [-0.2, -0.15) is 0 Å². The molecular weight excluding hydrogens is 326 g/mol. The van der Waals surface area contributed by atoms with Gasteiger partial charge in [-0.15, -0.1) is 0 Å². The zero-order valence-electron chi connectivity index (χ0n) is 13.5. The third kappa shape index (κ3) is 2.25. The summed E-state index contributed by atoms with van der Waals surface area (Å²) < 4.78 is 1.15. The van der Waals surface area contributed by atoms with Gasteiger partial charge in [-0.05, 0) is 25.0 Å². The van der Waals surface area contributed by atoms with Crippen LogP contribution in [0.2, 0.25) is 0 Å². The maximum atomic E-state index is 12.7. The number of pyridine rings is 1. The average molecular weight is 345 g/mol. The Labute approximate surface area is 143 Å². The second-order valence-corrected chi connectivity index (χ2v) is 6.86. The molecule has 2 aromatic rings. The van der Waals surface area contributed by atoms with Crippen molar-refractivity contribution in [3.05, 3.63) is 40.4 Å². The SMILES string of the molecule is O=C(c1cnc2c(O)cccn2c1=O)N1CCC2(CC1)[C@H](O)C[C@@H]2O. The first-order chi connectivity index (χ1) is 11.9. The summed E-state index contributed by atoms with van der Waals surface area (Å²) in [5, 5.41) is 29.7. The third-order valence-corrected chi connectivity index (χ3v) is 5.70. The van der Waals surface area contributed by atoms with E-state index in [9.17, 15) is 24.9 Å². The fraction of sp³-hybridized carbons (Fsp3) is 0.471. The highest BCUT2D eigenvalue weighted by molar-refractivity contribution is 5.94. The Morgan fingerprint density at radius 2 is 1.92 bits per heavy atom. The van der Waals surface area contributed by atoms with Crippen molar-refractivity contribution in [3.63, 3.8) is 0 Å². The number of nitrogens with zero attached hydrogens (tertiary/aromatic N) is 3. The quantitative estimate of drug-likeness (QED) is 0.656. The van der Waals surface area contributed by atoms with Gasteiger partial charge in [-0.25, -0.2) is 4.98 Å². The molecule has 25 heavy (non-hydrogen) atoms. The Kier molecular flexibility index (Phi) is 3.55. The molecular formula is C17H19N3O5. The predicted octanol–water partition coefficient (Wildman–Crippen LogP) is -0.252. The van der Waals surface area contributed by atoms with Gasteiger partial charge in [0, 0.05) is 37.3 Å². The van der Waals surface area contributed by atoms with Gasteiger partial charge in [-0.3, -0.25) is 14.0 Å². The van der Waals surface area contributed by atoms with Gasteiger partial charge in [-0.1, -0.05) is 0 Å². The smallest absolute Gasteiger partial charge is 0.270 e. The number of fused-ring (bicyclic) bond motifs is 1. The van der Waals surface area contributed by atoms with Gasteiger partial charge in [0.2, 0.25) is 0 Å². The summed E-state index contributed by atoms with van der Waals surface area (Å²) in [5.41, 5.74) is -1.01. The summed E-state index contributed by atoms with van der Waals surface area (Å²) >= 11 is 0. The molecule has 1 saturated heterocycles. The number of amides is 1. The minimum atomic E-state index is -0.532. The van der Waals surface area contributed by atoms with Gasteiger partial charge < -0.3 is 20.2 Å². The van der Waals surface area contributed by atoms with Crippen LogP contribution in [0.5, 0.6) is 5.75 Å². The molecule has 2 aliphatic rings. The third-order valence-electron chi connectivity index (χ3n) is 5.70. The zero-order chi connectivity index (χ0) is 17.8. The first-order valence-corrected chi connectivity index (χ1v) is 8.29. The predicted molar refractivity (Wildman–Crippen MR) is 87.3 cm³/mol. The van der Waals surface area contributed by atoms with Crippen molar-refractivity contribution in [1.29, 1.82) is 0 Å². The first-order valence-electron chi connectivity index (χ1n) is 8.29. The lowest BCUT2D eigenvalue weighted by Crippen LogP contribution is -2.62. The fourth-order valence-electron chi connectivity index (χ4n) is 3.94. The van der Waals surface area contributed by atoms with E-state index in [1.165, 1.54) is 24.5 Å². The molecule has 132 valence electrons. The number of carbonyl (C=O) groups excluding carboxylic acids is 1. The second-order valence-electron chi connectivity index (χ2n) is 6.86. The van der Waals surface area contributed by atoms with Gasteiger partial charge in [0.1, 0.15) is 5.56 Å². The van der Waals surface area contributed by atoms with E-state index in [0.29, 0.717) is 32.4 Å². The van der Waals surface area contributed by atoms with Crippen molar-refractivity contribution >= 4 is 11.6 Å². The van der Waals surface area contributed by atoms with Crippen LogP contribution in [-0.2, 0) is 0 Å². The molecule has 3 heterocycles. The van der Waals surface area contributed by atoms with Crippen LogP contribution in [0.1, 0.15) is 29.6 Å². The lowest BCUT2D eigenvalue weighted by Gasteiger charge is -2.54. The number of aliphatic hydroxyl groups is 2. The highest BCUT2D eigenvalue weighted by atomic mass is 16.3. The molecule has 2 atom stereocenters. The van der Waals surface area contributed by atoms with Crippen molar-refractivity contribution < 1.29 is 20.1 Å². The van der Waals surface area contributed by atoms with Crippen LogP contribution in [0.4, 0.5) is 0 Å². The molecule has 8 heteroatoms. The first kappa shape index (κ1) is 16.0. The van der Waals surface area contributed by atoms with Crippen LogP contribution >= 0.6 is 0 Å². The maximum Gasteiger partial charge on any atom is 0.270 e. The van der Waals surface area contributed by atoms with Crippen LogP contribution in [0.3, 0.4) is 0 Å². The van der Waals surface area contributed by atoms with Gasteiger partial charge in [0.15, 0.2) is 11.4 Å². The lowest BCUT2D eigenvalue weighted by molar-refractivity contribution is -0.187. The summed E-state index contributed by atoms with van der Waals surface area (Å²) in [4.78, 5) is 30.8. The monoisotopic (exact) mass is 345 g/mol. The summed E-state index contributed by atoms with van der Waals surface area (Å²) in [6.07, 6.45) is 2.97. The van der Waals surface area contributed by atoms with Gasteiger partial charge in [0.25, 0.3) is 11.5 Å². The molecule has 1 spiro atoms. The molecule has 4 rings (SSSR count). The molecule has 8 nitrogen and oxygen atoms in total. The van der Waals surface area contributed by atoms with Crippen LogP contribution in [0.25, 0.3) is 5.65 Å². The van der Waals surface area contributed by atoms with E-state index in [0.717, 1.165) is 4.40 Å². The molecule has 1 aliphatic heterocycles. The number of carbonyl (C=O) groups is 1. The summed E-state index contributed by atoms with van der Waals surface area (Å²) in [7, 11) is 0. The number of rotatable bonds is 1. The normalized spacial score (nSPS) is 25.1. The summed E-state index contributed by atoms with van der Waals surface area (Å²) in [5.74, 6) is -0.556. The summed E-state index contributed by atoms with van der Waals surface area (Å²) in [6.45, 7) is 0.740. The molecule has 3 N–H and O–H groups in total. The van der Waals surface area contributed by atoms with Crippen molar-refractivity contribution in [2.75, 3.05) is 13.1 Å². The molecule has 0 bridgehead atoms. The Bertz CT molecular complexity index is 891. The minimum Gasteiger partial charge on any atom is -0.504 e. The van der Waals surface area contributed by atoms with Crippen LogP contribution in [-0.4, -0.2) is 60.8 Å². The molecule has 0 aromatic carbocycles. The lowest BCUT2D eigenvalue weighted by atomic mass is 9.58. The second kappa shape index (κ2) is 5.53. The average Bonchev–Trinajstić information content (AvgIpc) is 2.62. The number of aromatic nitrogens is 2. The zero-order valence-corrected chi connectivity index (χ0v) is 13.5.